The Balaban J connectivity index is 1.61. The van der Waals surface area contributed by atoms with E-state index in [0.29, 0.717) is 18.6 Å². The van der Waals surface area contributed by atoms with Crippen LogP contribution in [0.3, 0.4) is 0 Å². The number of aromatic amines is 1. The second kappa shape index (κ2) is 5.61. The number of carbonyl (C=O) groups is 1. The summed E-state index contributed by atoms with van der Waals surface area (Å²) < 4.78 is 2.55. The van der Waals surface area contributed by atoms with Gasteiger partial charge in [-0.05, 0) is 12.1 Å². The highest BCUT2D eigenvalue weighted by atomic mass is 16.2. The van der Waals surface area contributed by atoms with Crippen LogP contribution in [0.25, 0.3) is 5.65 Å². The van der Waals surface area contributed by atoms with Gasteiger partial charge in [0, 0.05) is 31.6 Å². The lowest BCUT2D eigenvalue weighted by Gasteiger charge is -2.03. The van der Waals surface area contributed by atoms with Crippen LogP contribution in [0.15, 0.2) is 41.6 Å². The van der Waals surface area contributed by atoms with Gasteiger partial charge in [-0.15, -0.1) is 5.10 Å². The van der Waals surface area contributed by atoms with E-state index >= 15 is 0 Å². The molecule has 2 N–H and O–H groups in total. The molecule has 3 aromatic heterocycles. The zero-order valence-electron chi connectivity index (χ0n) is 11.2. The minimum Gasteiger partial charge on any atom is -0.354 e. The molecule has 3 aromatic rings. The van der Waals surface area contributed by atoms with Gasteiger partial charge in [0.05, 0.1) is 0 Å². The van der Waals surface area contributed by atoms with Gasteiger partial charge in [-0.1, -0.05) is 6.07 Å². The maximum atomic E-state index is 12.0. The number of nitrogens with one attached hydrogen (secondary N) is 2. The van der Waals surface area contributed by atoms with Crippen LogP contribution in [-0.4, -0.2) is 36.6 Å². The number of hydrogen-bond acceptors (Lipinski definition) is 4. The van der Waals surface area contributed by atoms with E-state index in [1.165, 1.54) is 4.40 Å². The zero-order valence-corrected chi connectivity index (χ0v) is 11.2. The molecule has 0 aliphatic heterocycles. The van der Waals surface area contributed by atoms with E-state index in [4.69, 9.17) is 0 Å². The number of hydrogen-bond donors (Lipinski definition) is 2. The minimum absolute atomic E-state index is 0.0985. The summed E-state index contributed by atoms with van der Waals surface area (Å²) in [5, 5.41) is 6.83. The Kier molecular flexibility index (Phi) is 3.50. The quantitative estimate of drug-likeness (QED) is 0.665. The number of amides is 1. The van der Waals surface area contributed by atoms with Crippen LogP contribution in [0, 0.1) is 0 Å². The van der Waals surface area contributed by atoms with Gasteiger partial charge in [-0.3, -0.25) is 9.20 Å². The molecule has 0 unspecified atom stereocenters. The summed E-state index contributed by atoms with van der Waals surface area (Å²) in [6, 6.07) is 5.24. The van der Waals surface area contributed by atoms with Crippen LogP contribution >= 0.6 is 0 Å². The highest BCUT2D eigenvalue weighted by Gasteiger charge is 2.09. The van der Waals surface area contributed by atoms with Gasteiger partial charge in [0.25, 0.3) is 0 Å². The van der Waals surface area contributed by atoms with Crippen LogP contribution in [0.4, 0.5) is 0 Å². The van der Waals surface area contributed by atoms with E-state index in [1.807, 2.05) is 0 Å². The number of H-pyrrole nitrogens is 1. The molecule has 0 aromatic carbocycles. The van der Waals surface area contributed by atoms with Gasteiger partial charge in [0.15, 0.2) is 5.65 Å². The molecule has 3 heterocycles. The predicted octanol–water partition coefficient (Wildman–Crippen LogP) is -0.422. The molecule has 0 atom stereocenters. The fourth-order valence-electron chi connectivity index (χ4n) is 2.02. The molecule has 0 bridgehead atoms. The van der Waals surface area contributed by atoms with Crippen LogP contribution in [0.5, 0.6) is 0 Å². The molecule has 0 spiro atoms. The molecule has 0 aliphatic carbocycles. The topological polar surface area (TPSA) is 97.1 Å². The van der Waals surface area contributed by atoms with Gasteiger partial charge in [0.1, 0.15) is 12.4 Å². The van der Waals surface area contributed by atoms with E-state index in [-0.39, 0.29) is 18.1 Å². The van der Waals surface area contributed by atoms with E-state index < -0.39 is 0 Å². The van der Waals surface area contributed by atoms with Crippen LogP contribution in [0.2, 0.25) is 0 Å². The van der Waals surface area contributed by atoms with Gasteiger partial charge in [-0.25, -0.2) is 14.5 Å². The Morgan fingerprint density at radius 1 is 1.38 bits per heavy atom. The molecule has 0 fully saturated rings. The van der Waals surface area contributed by atoms with Gasteiger partial charge >= 0.3 is 5.69 Å². The van der Waals surface area contributed by atoms with E-state index in [0.717, 1.165) is 10.5 Å². The number of imidazole rings is 1. The number of rotatable bonds is 5. The standard InChI is InChI=1S/C13H14N6O2/c20-12(16-5-4-10-14-6-7-15-10)9-19-13(21)18-8-2-1-3-11(18)17-19/h1-3,6-8H,4-5,9H2,(H,14,15)(H,16,20). The fraction of sp³-hybridized carbons (Fsp3) is 0.231. The zero-order chi connectivity index (χ0) is 14.7. The second-order valence-electron chi connectivity index (χ2n) is 4.50. The molecule has 8 nitrogen and oxygen atoms in total. The Hall–Kier alpha value is -2.90. The smallest absolute Gasteiger partial charge is 0.350 e. The molecule has 3 rings (SSSR count). The van der Waals surface area contributed by atoms with Crippen LogP contribution < -0.4 is 11.0 Å². The summed E-state index contributed by atoms with van der Waals surface area (Å²) in [5.41, 5.74) is 0.192. The lowest BCUT2D eigenvalue weighted by molar-refractivity contribution is -0.121. The fourth-order valence-corrected chi connectivity index (χ4v) is 2.02. The molecule has 108 valence electrons. The molecule has 0 saturated heterocycles. The van der Waals surface area contributed by atoms with E-state index in [1.54, 1.807) is 36.8 Å². The largest absolute Gasteiger partial charge is 0.354 e. The summed E-state index contributed by atoms with van der Waals surface area (Å²) in [4.78, 5) is 30.8. The maximum Gasteiger partial charge on any atom is 0.350 e. The molecular weight excluding hydrogens is 272 g/mol. The van der Waals surface area contributed by atoms with Gasteiger partial charge in [0.2, 0.25) is 5.91 Å². The van der Waals surface area contributed by atoms with Crippen molar-refractivity contribution < 1.29 is 4.79 Å². The van der Waals surface area contributed by atoms with Crippen molar-refractivity contribution in [2.75, 3.05) is 6.54 Å². The number of aromatic nitrogens is 5. The molecule has 0 saturated carbocycles. The first-order chi connectivity index (χ1) is 10.2. The average Bonchev–Trinajstić information content (AvgIpc) is 3.09. The second-order valence-corrected chi connectivity index (χ2v) is 4.50. The van der Waals surface area contributed by atoms with Gasteiger partial charge in [-0.2, -0.15) is 0 Å². The van der Waals surface area contributed by atoms with Crippen molar-refractivity contribution in [3.63, 3.8) is 0 Å². The van der Waals surface area contributed by atoms with E-state index in [9.17, 15) is 9.59 Å². The summed E-state index contributed by atoms with van der Waals surface area (Å²) >= 11 is 0. The molecule has 0 radical (unpaired) electrons. The van der Waals surface area contributed by atoms with Crippen molar-refractivity contribution in [3.8, 4) is 0 Å². The molecular formula is C13H14N6O2. The van der Waals surface area contributed by atoms with Crippen molar-refractivity contribution in [1.29, 1.82) is 0 Å². The predicted molar refractivity (Wildman–Crippen MR) is 74.8 cm³/mol. The van der Waals surface area contributed by atoms with Crippen molar-refractivity contribution >= 4 is 11.6 Å². The Morgan fingerprint density at radius 3 is 3.05 bits per heavy atom. The first kappa shape index (κ1) is 13.1. The third kappa shape index (κ3) is 2.83. The van der Waals surface area contributed by atoms with Crippen molar-refractivity contribution in [1.82, 2.24) is 29.5 Å². The Bertz CT molecular complexity index is 802. The molecule has 0 aliphatic rings. The van der Waals surface area contributed by atoms with Crippen molar-refractivity contribution in [2.24, 2.45) is 0 Å². The number of carbonyl (C=O) groups excluding carboxylic acids is 1. The summed E-state index contributed by atoms with van der Waals surface area (Å²) in [6.45, 7) is 0.354. The summed E-state index contributed by atoms with van der Waals surface area (Å²) in [6.07, 6.45) is 5.62. The third-order valence-electron chi connectivity index (χ3n) is 3.02. The Labute approximate surface area is 119 Å². The molecule has 1 amide bonds. The number of fused-ring (bicyclic) bond motifs is 1. The average molecular weight is 286 g/mol. The number of pyridine rings is 1. The highest BCUT2D eigenvalue weighted by Crippen LogP contribution is 1.95. The molecule has 21 heavy (non-hydrogen) atoms. The minimum atomic E-state index is -0.327. The normalized spacial score (nSPS) is 10.9. The maximum absolute atomic E-state index is 12.0. The highest BCUT2D eigenvalue weighted by molar-refractivity contribution is 5.75. The summed E-state index contributed by atoms with van der Waals surface area (Å²) in [7, 11) is 0. The van der Waals surface area contributed by atoms with Crippen molar-refractivity contribution in [2.45, 2.75) is 13.0 Å². The number of nitrogens with zero attached hydrogens (tertiary/aromatic N) is 4. The Morgan fingerprint density at radius 2 is 2.29 bits per heavy atom. The third-order valence-corrected chi connectivity index (χ3v) is 3.02. The van der Waals surface area contributed by atoms with Crippen molar-refractivity contribution in [3.05, 3.63) is 53.1 Å². The first-order valence-electron chi connectivity index (χ1n) is 6.53. The van der Waals surface area contributed by atoms with E-state index in [2.05, 4.69) is 20.4 Å². The van der Waals surface area contributed by atoms with Crippen LogP contribution in [-0.2, 0) is 17.8 Å². The lowest BCUT2D eigenvalue weighted by atomic mass is 10.4. The van der Waals surface area contributed by atoms with Gasteiger partial charge < -0.3 is 10.3 Å². The SMILES string of the molecule is O=C(Cn1nc2ccccn2c1=O)NCCc1ncc[nH]1. The van der Waals surface area contributed by atoms with Crippen LogP contribution in [0.1, 0.15) is 5.82 Å². The molecule has 8 heteroatoms. The first-order valence-corrected chi connectivity index (χ1v) is 6.53. The monoisotopic (exact) mass is 286 g/mol. The summed E-state index contributed by atoms with van der Waals surface area (Å²) in [5.74, 6) is 0.548. The lowest BCUT2D eigenvalue weighted by Crippen LogP contribution is -2.33.